The maximum absolute atomic E-state index is 12.3. The Balaban J connectivity index is 1.95. The minimum Gasteiger partial charge on any atom is -0.507 e. The molecule has 0 radical (unpaired) electrons. The van der Waals surface area contributed by atoms with Crippen LogP contribution in [-0.4, -0.2) is 17.5 Å². The zero-order valence-corrected chi connectivity index (χ0v) is 19.0. The molecule has 29 heavy (non-hydrogen) atoms. The van der Waals surface area contributed by atoms with Crippen molar-refractivity contribution in [3.63, 3.8) is 0 Å². The van der Waals surface area contributed by atoms with E-state index in [2.05, 4.69) is 6.92 Å². The number of benzene rings is 1. The van der Waals surface area contributed by atoms with Crippen LogP contribution in [0.1, 0.15) is 127 Å². The van der Waals surface area contributed by atoms with Gasteiger partial charge in [0.1, 0.15) is 11.5 Å². The molecule has 0 aliphatic heterocycles. The zero-order chi connectivity index (χ0) is 21.2. The number of phenolic OH excluding ortho intramolecular Hbond substituents is 1. The Bertz CT molecular complexity index is 539. The van der Waals surface area contributed by atoms with E-state index in [1.165, 1.54) is 89.5 Å². The van der Waals surface area contributed by atoms with Crippen LogP contribution >= 0.6 is 0 Å². The van der Waals surface area contributed by atoms with Gasteiger partial charge in [0.25, 0.3) is 0 Å². The molecule has 0 amide bonds. The van der Waals surface area contributed by atoms with Crippen LogP contribution in [0.15, 0.2) is 18.2 Å². The minimum atomic E-state index is 0.0280. The molecule has 0 heterocycles. The van der Waals surface area contributed by atoms with E-state index in [1.54, 1.807) is 12.1 Å². The number of ketones is 1. The van der Waals surface area contributed by atoms with E-state index in [4.69, 9.17) is 4.74 Å². The van der Waals surface area contributed by atoms with Gasteiger partial charge in [0.05, 0.1) is 12.2 Å². The monoisotopic (exact) mass is 404 g/mol. The highest BCUT2D eigenvalue weighted by Gasteiger charge is 2.11. The summed E-state index contributed by atoms with van der Waals surface area (Å²) in [5, 5.41) is 10.0. The Kier molecular flexibility index (Phi) is 15.3. The zero-order valence-electron chi connectivity index (χ0n) is 19.0. The third-order valence-electron chi connectivity index (χ3n) is 5.59. The van der Waals surface area contributed by atoms with Gasteiger partial charge in [-0.1, -0.05) is 96.8 Å². The highest BCUT2D eigenvalue weighted by molar-refractivity contribution is 5.98. The highest BCUT2D eigenvalue weighted by atomic mass is 16.5. The molecule has 0 unspecified atom stereocenters. The van der Waals surface area contributed by atoms with Gasteiger partial charge in [-0.2, -0.15) is 0 Å². The maximum Gasteiger partial charge on any atom is 0.166 e. The molecule has 1 aromatic carbocycles. The highest BCUT2D eigenvalue weighted by Crippen LogP contribution is 2.25. The summed E-state index contributed by atoms with van der Waals surface area (Å²) >= 11 is 0. The van der Waals surface area contributed by atoms with E-state index in [1.807, 2.05) is 6.92 Å². The smallest absolute Gasteiger partial charge is 0.166 e. The van der Waals surface area contributed by atoms with Crippen molar-refractivity contribution in [2.45, 2.75) is 117 Å². The van der Waals surface area contributed by atoms with Crippen LogP contribution in [-0.2, 0) is 0 Å². The van der Waals surface area contributed by atoms with Gasteiger partial charge >= 0.3 is 0 Å². The average molecular weight is 405 g/mol. The van der Waals surface area contributed by atoms with Gasteiger partial charge in [-0.15, -0.1) is 0 Å². The lowest BCUT2D eigenvalue weighted by atomic mass is 10.0. The SMILES string of the molecule is CCCCCCCCCCCCCCCCCC(=O)c1ccc(OCC)cc1O. The Labute approximate surface area is 179 Å². The number of unbranched alkanes of at least 4 members (excludes halogenated alkanes) is 14. The molecule has 0 bridgehead atoms. The maximum atomic E-state index is 12.3. The lowest BCUT2D eigenvalue weighted by Gasteiger charge is -2.07. The van der Waals surface area contributed by atoms with Gasteiger partial charge in [-0.25, -0.2) is 0 Å². The number of carbonyl (C=O) groups excluding carboxylic acids is 1. The fraction of sp³-hybridized carbons (Fsp3) is 0.731. The van der Waals surface area contributed by atoms with Crippen molar-refractivity contribution in [3.8, 4) is 11.5 Å². The second-order valence-corrected chi connectivity index (χ2v) is 8.23. The molecule has 0 spiro atoms. The molecule has 0 aliphatic rings. The molecule has 0 aromatic heterocycles. The number of hydrogen-bond acceptors (Lipinski definition) is 3. The third kappa shape index (κ3) is 12.6. The summed E-state index contributed by atoms with van der Waals surface area (Å²) in [4.78, 5) is 12.3. The van der Waals surface area contributed by atoms with Gasteiger partial charge in [0, 0.05) is 12.5 Å². The van der Waals surface area contributed by atoms with Crippen LogP contribution in [0, 0.1) is 0 Å². The van der Waals surface area contributed by atoms with Crippen molar-refractivity contribution in [2.75, 3.05) is 6.61 Å². The van der Waals surface area contributed by atoms with Crippen LogP contribution in [0.25, 0.3) is 0 Å². The fourth-order valence-electron chi connectivity index (χ4n) is 3.80. The first-order valence-electron chi connectivity index (χ1n) is 12.2. The molecular formula is C26H44O3. The molecule has 3 heteroatoms. The predicted molar refractivity (Wildman–Crippen MR) is 123 cm³/mol. The van der Waals surface area contributed by atoms with Gasteiger partial charge in [-0.05, 0) is 25.5 Å². The van der Waals surface area contributed by atoms with Gasteiger partial charge in [-0.3, -0.25) is 4.79 Å². The summed E-state index contributed by atoms with van der Waals surface area (Å²) in [6.45, 7) is 4.72. The molecule has 0 aliphatic carbocycles. The molecule has 1 N–H and O–H groups in total. The van der Waals surface area contributed by atoms with Gasteiger partial charge in [0.15, 0.2) is 5.78 Å². The van der Waals surface area contributed by atoms with Crippen molar-refractivity contribution in [3.05, 3.63) is 23.8 Å². The number of phenols is 1. The van der Waals surface area contributed by atoms with Crippen LogP contribution in [0.5, 0.6) is 11.5 Å². The van der Waals surface area contributed by atoms with Crippen LogP contribution < -0.4 is 4.74 Å². The predicted octanol–water partition coefficient (Wildman–Crippen LogP) is 8.24. The molecular weight excluding hydrogens is 360 g/mol. The normalized spacial score (nSPS) is 11.0. The molecule has 0 saturated carbocycles. The molecule has 1 aromatic rings. The molecule has 1 rings (SSSR count). The van der Waals surface area contributed by atoms with Gasteiger partial charge < -0.3 is 9.84 Å². The first-order valence-corrected chi connectivity index (χ1v) is 12.2. The van der Waals surface area contributed by atoms with E-state index in [0.717, 1.165) is 12.8 Å². The van der Waals surface area contributed by atoms with E-state index >= 15 is 0 Å². The summed E-state index contributed by atoms with van der Waals surface area (Å²) in [5.41, 5.74) is 0.416. The summed E-state index contributed by atoms with van der Waals surface area (Å²) in [5.74, 6) is 0.663. The quantitative estimate of drug-likeness (QED) is 0.186. The summed E-state index contributed by atoms with van der Waals surface area (Å²) in [7, 11) is 0. The first-order chi connectivity index (χ1) is 14.2. The lowest BCUT2D eigenvalue weighted by molar-refractivity contribution is 0.0976. The molecule has 0 atom stereocenters. The van der Waals surface area contributed by atoms with Crippen molar-refractivity contribution < 1.29 is 14.6 Å². The minimum absolute atomic E-state index is 0.0280. The van der Waals surface area contributed by atoms with Gasteiger partial charge in [0.2, 0.25) is 0 Å². The number of ether oxygens (including phenoxy) is 1. The lowest BCUT2D eigenvalue weighted by Crippen LogP contribution is -2.00. The first kappa shape index (κ1) is 25.5. The third-order valence-corrected chi connectivity index (χ3v) is 5.59. The van der Waals surface area contributed by atoms with E-state index < -0.39 is 0 Å². The summed E-state index contributed by atoms with van der Waals surface area (Å²) in [6.07, 6.45) is 20.3. The van der Waals surface area contributed by atoms with Crippen LogP contribution in [0.2, 0.25) is 0 Å². The molecule has 166 valence electrons. The fourth-order valence-corrected chi connectivity index (χ4v) is 3.80. The van der Waals surface area contributed by atoms with Crippen molar-refractivity contribution in [2.24, 2.45) is 0 Å². The number of aromatic hydroxyl groups is 1. The molecule has 0 saturated heterocycles. The second-order valence-electron chi connectivity index (χ2n) is 8.23. The largest absolute Gasteiger partial charge is 0.507 e. The molecule has 0 fully saturated rings. The summed E-state index contributed by atoms with van der Waals surface area (Å²) < 4.78 is 5.34. The standard InChI is InChI=1S/C26H44O3/c1-3-5-6-7-8-9-10-11-12-13-14-15-16-17-18-19-25(27)24-21-20-23(29-4-2)22-26(24)28/h20-22,28H,3-19H2,1-2H3. The topological polar surface area (TPSA) is 46.5 Å². The number of Topliss-reactive ketones (excluding diaryl/α,β-unsaturated/α-hetero) is 1. The molecule has 3 nitrogen and oxygen atoms in total. The van der Waals surface area contributed by atoms with Crippen molar-refractivity contribution >= 4 is 5.78 Å². The average Bonchev–Trinajstić information content (AvgIpc) is 2.71. The van der Waals surface area contributed by atoms with E-state index in [-0.39, 0.29) is 11.5 Å². The van der Waals surface area contributed by atoms with E-state index in [9.17, 15) is 9.90 Å². The second kappa shape index (κ2) is 17.4. The number of hydrogen-bond donors (Lipinski definition) is 1. The number of rotatable bonds is 19. The summed E-state index contributed by atoms with van der Waals surface area (Å²) in [6, 6.07) is 4.96. The Morgan fingerprint density at radius 1 is 0.759 bits per heavy atom. The van der Waals surface area contributed by atoms with Crippen molar-refractivity contribution in [1.82, 2.24) is 0 Å². The Morgan fingerprint density at radius 2 is 1.24 bits per heavy atom. The number of carbonyl (C=O) groups is 1. The van der Waals surface area contributed by atoms with Crippen LogP contribution in [0.3, 0.4) is 0 Å². The van der Waals surface area contributed by atoms with Crippen molar-refractivity contribution in [1.29, 1.82) is 0 Å². The Hall–Kier alpha value is -1.51. The van der Waals surface area contributed by atoms with Crippen LogP contribution in [0.4, 0.5) is 0 Å². The Morgan fingerprint density at radius 3 is 1.69 bits per heavy atom. The van der Waals surface area contributed by atoms with E-state index in [0.29, 0.717) is 24.3 Å².